The van der Waals surface area contributed by atoms with Crippen LogP contribution in [-0.4, -0.2) is 52.8 Å². The van der Waals surface area contributed by atoms with Crippen LogP contribution in [0.1, 0.15) is 36.2 Å². The van der Waals surface area contributed by atoms with Gasteiger partial charge in [0.15, 0.2) is 0 Å². The third-order valence-corrected chi connectivity index (χ3v) is 5.83. The van der Waals surface area contributed by atoms with Gasteiger partial charge in [0.2, 0.25) is 0 Å². The van der Waals surface area contributed by atoms with Crippen LogP contribution in [0.2, 0.25) is 5.02 Å². The molecule has 0 radical (unpaired) electrons. The van der Waals surface area contributed by atoms with E-state index in [2.05, 4.69) is 25.9 Å². The number of amides is 1. The van der Waals surface area contributed by atoms with Crippen molar-refractivity contribution >= 4 is 46.9 Å². The van der Waals surface area contributed by atoms with Crippen LogP contribution in [0.15, 0.2) is 54.4 Å². The molecule has 1 amide bonds. The minimum atomic E-state index is -1.02. The van der Waals surface area contributed by atoms with E-state index in [1.165, 1.54) is 13.4 Å². The lowest BCUT2D eigenvalue weighted by Gasteiger charge is -2.17. The van der Waals surface area contributed by atoms with Gasteiger partial charge < -0.3 is 30.5 Å². The van der Waals surface area contributed by atoms with Gasteiger partial charge in [0.25, 0.3) is 5.91 Å². The summed E-state index contributed by atoms with van der Waals surface area (Å²) in [4.78, 5) is 33.2. The van der Waals surface area contributed by atoms with Crippen molar-refractivity contribution in [2.75, 3.05) is 30.8 Å². The average Bonchev–Trinajstić information content (AvgIpc) is 3.11. The van der Waals surface area contributed by atoms with Crippen molar-refractivity contribution in [3.8, 4) is 11.5 Å². The SMILES string of the molecule is COC(=O)C1=Cc2c(ncnc2Nc2ccc(Oc3cccc(C(=O)NCC(C)(C)O)c3)c(Cl)c2)NCC1. The summed E-state index contributed by atoms with van der Waals surface area (Å²) < 4.78 is 10.8. The Balaban J connectivity index is 1.51. The number of fused-ring (bicyclic) bond motifs is 1. The lowest BCUT2D eigenvalue weighted by molar-refractivity contribution is -0.136. The number of anilines is 3. The van der Waals surface area contributed by atoms with E-state index in [0.29, 0.717) is 63.5 Å². The molecule has 4 N–H and O–H groups in total. The van der Waals surface area contributed by atoms with Crippen molar-refractivity contribution in [2.24, 2.45) is 0 Å². The smallest absolute Gasteiger partial charge is 0.333 e. The van der Waals surface area contributed by atoms with Gasteiger partial charge in [0.1, 0.15) is 29.5 Å². The Morgan fingerprint density at radius 3 is 2.74 bits per heavy atom. The van der Waals surface area contributed by atoms with E-state index >= 15 is 0 Å². The van der Waals surface area contributed by atoms with Gasteiger partial charge in [-0.05, 0) is 62.7 Å². The molecular weight excluding hydrogens is 510 g/mol. The molecular formula is C27H28ClN5O5. The van der Waals surface area contributed by atoms with Crippen LogP contribution >= 0.6 is 11.6 Å². The zero-order valence-corrected chi connectivity index (χ0v) is 21.9. The van der Waals surface area contributed by atoms with Crippen molar-refractivity contribution in [1.29, 1.82) is 0 Å². The largest absolute Gasteiger partial charge is 0.466 e. The molecule has 0 unspecified atom stereocenters. The van der Waals surface area contributed by atoms with Crippen molar-refractivity contribution in [1.82, 2.24) is 15.3 Å². The second kappa shape index (κ2) is 11.5. The standard InChI is InChI=1S/C27H28ClN5O5/c1-27(2,36)14-30-25(34)16-5-4-6-19(11-16)38-22-8-7-18(13-21(22)28)33-24-20-12-17(26(35)37-3)9-10-29-23(20)31-15-32-24/h4-8,11-13,15,36H,9-10,14H2,1-3H3,(H,30,34)(H2,29,31,32,33). The number of aromatic nitrogens is 2. The van der Waals surface area contributed by atoms with Crippen LogP contribution in [0.5, 0.6) is 11.5 Å². The first-order chi connectivity index (χ1) is 18.1. The van der Waals surface area contributed by atoms with E-state index in [1.807, 2.05) is 0 Å². The summed E-state index contributed by atoms with van der Waals surface area (Å²) in [6.07, 6.45) is 3.63. The highest BCUT2D eigenvalue weighted by molar-refractivity contribution is 6.32. The highest BCUT2D eigenvalue weighted by Crippen LogP contribution is 2.34. The summed E-state index contributed by atoms with van der Waals surface area (Å²) in [6, 6.07) is 11.8. The molecule has 0 saturated carbocycles. The van der Waals surface area contributed by atoms with Crippen LogP contribution in [0.25, 0.3) is 6.08 Å². The Morgan fingerprint density at radius 2 is 2.00 bits per heavy atom. The van der Waals surface area contributed by atoms with Crippen molar-refractivity contribution in [3.05, 3.63) is 70.5 Å². The molecule has 0 fully saturated rings. The van der Waals surface area contributed by atoms with Gasteiger partial charge in [-0.2, -0.15) is 0 Å². The first-order valence-corrected chi connectivity index (χ1v) is 12.2. The first-order valence-electron chi connectivity index (χ1n) is 11.9. The fraction of sp³-hybridized carbons (Fsp3) is 0.259. The predicted octanol–water partition coefficient (Wildman–Crippen LogP) is 4.54. The molecule has 0 saturated heterocycles. The molecule has 1 aliphatic rings. The number of benzene rings is 2. The molecule has 3 aromatic rings. The van der Waals surface area contributed by atoms with Crippen molar-refractivity contribution in [2.45, 2.75) is 25.9 Å². The second-order valence-corrected chi connectivity index (χ2v) is 9.62. The number of methoxy groups -OCH3 is 1. The predicted molar refractivity (Wildman–Crippen MR) is 145 cm³/mol. The number of ether oxygens (including phenoxy) is 2. The van der Waals surface area contributed by atoms with Gasteiger partial charge in [-0.25, -0.2) is 14.8 Å². The Labute approximate surface area is 225 Å². The van der Waals surface area contributed by atoms with E-state index in [1.54, 1.807) is 62.4 Å². The van der Waals surface area contributed by atoms with E-state index in [-0.39, 0.29) is 12.5 Å². The summed E-state index contributed by atoms with van der Waals surface area (Å²) >= 11 is 6.51. The number of carbonyl (C=O) groups excluding carboxylic acids is 2. The van der Waals surface area contributed by atoms with Crippen LogP contribution in [0, 0.1) is 0 Å². The topological polar surface area (TPSA) is 135 Å². The summed E-state index contributed by atoms with van der Waals surface area (Å²) in [5.74, 6) is 1.17. The van der Waals surface area contributed by atoms with E-state index in [4.69, 9.17) is 21.1 Å². The molecule has 1 aromatic heterocycles. The number of esters is 1. The Morgan fingerprint density at radius 1 is 1.18 bits per heavy atom. The fourth-order valence-corrected chi connectivity index (χ4v) is 3.87. The molecule has 2 heterocycles. The molecule has 198 valence electrons. The highest BCUT2D eigenvalue weighted by Gasteiger charge is 2.19. The highest BCUT2D eigenvalue weighted by atomic mass is 35.5. The number of aliphatic hydroxyl groups is 1. The summed E-state index contributed by atoms with van der Waals surface area (Å²) in [7, 11) is 1.34. The second-order valence-electron chi connectivity index (χ2n) is 9.22. The minimum Gasteiger partial charge on any atom is -0.466 e. The van der Waals surface area contributed by atoms with Gasteiger partial charge in [-0.1, -0.05) is 17.7 Å². The number of hydrogen-bond donors (Lipinski definition) is 4. The molecule has 0 aliphatic carbocycles. The van der Waals surface area contributed by atoms with Crippen LogP contribution in [-0.2, 0) is 9.53 Å². The molecule has 1 aliphatic heterocycles. The summed E-state index contributed by atoms with van der Waals surface area (Å²) in [6.45, 7) is 3.87. The average molecular weight is 538 g/mol. The lowest BCUT2D eigenvalue weighted by Crippen LogP contribution is -2.38. The molecule has 4 rings (SSSR count). The molecule has 11 heteroatoms. The van der Waals surface area contributed by atoms with Gasteiger partial charge in [-0.3, -0.25) is 4.79 Å². The first kappa shape index (κ1) is 26.9. The normalized spacial score (nSPS) is 12.8. The molecule has 0 spiro atoms. The number of rotatable bonds is 8. The molecule has 38 heavy (non-hydrogen) atoms. The Hall–Kier alpha value is -4.15. The Bertz CT molecular complexity index is 1390. The molecule has 2 aromatic carbocycles. The maximum absolute atomic E-state index is 12.4. The monoisotopic (exact) mass is 537 g/mol. The lowest BCUT2D eigenvalue weighted by atomic mass is 10.1. The Kier molecular flexibility index (Phi) is 8.13. The molecule has 10 nitrogen and oxygen atoms in total. The number of nitrogens with zero attached hydrogens (tertiary/aromatic N) is 2. The van der Waals surface area contributed by atoms with E-state index in [0.717, 1.165) is 0 Å². The quantitative estimate of drug-likeness (QED) is 0.305. The number of hydrogen-bond acceptors (Lipinski definition) is 9. The maximum atomic E-state index is 12.4. The minimum absolute atomic E-state index is 0.114. The van der Waals surface area contributed by atoms with Crippen LogP contribution in [0.3, 0.4) is 0 Å². The van der Waals surface area contributed by atoms with E-state index in [9.17, 15) is 14.7 Å². The third-order valence-electron chi connectivity index (χ3n) is 5.54. The zero-order chi connectivity index (χ0) is 27.3. The summed E-state index contributed by atoms with van der Waals surface area (Å²) in [5, 5.41) is 19.3. The fourth-order valence-electron chi connectivity index (χ4n) is 3.65. The third kappa shape index (κ3) is 6.78. The van der Waals surface area contributed by atoms with Crippen molar-refractivity contribution < 1.29 is 24.2 Å². The van der Waals surface area contributed by atoms with Crippen LogP contribution in [0.4, 0.5) is 17.3 Å². The van der Waals surface area contributed by atoms with Gasteiger partial charge >= 0.3 is 5.97 Å². The molecule has 0 bridgehead atoms. The van der Waals surface area contributed by atoms with Gasteiger partial charge in [-0.15, -0.1) is 0 Å². The van der Waals surface area contributed by atoms with Crippen molar-refractivity contribution in [3.63, 3.8) is 0 Å². The van der Waals surface area contributed by atoms with Crippen LogP contribution < -0.4 is 20.7 Å². The number of halogens is 1. The van der Waals surface area contributed by atoms with E-state index < -0.39 is 11.6 Å². The molecule has 0 atom stereocenters. The maximum Gasteiger partial charge on any atom is 0.333 e. The number of nitrogens with one attached hydrogen (secondary N) is 3. The number of carbonyl (C=O) groups is 2. The van der Waals surface area contributed by atoms with Gasteiger partial charge in [0.05, 0.1) is 23.3 Å². The summed E-state index contributed by atoms with van der Waals surface area (Å²) in [5.41, 5.74) is 1.14. The zero-order valence-electron chi connectivity index (χ0n) is 21.2. The van der Waals surface area contributed by atoms with Gasteiger partial charge in [0, 0.05) is 29.9 Å².